The van der Waals surface area contributed by atoms with Crippen LogP contribution in [0.5, 0.6) is 5.75 Å². The average molecular weight is 361 g/mol. The molecule has 0 radical (unpaired) electrons. The van der Waals surface area contributed by atoms with E-state index in [1.807, 2.05) is 49.0 Å². The van der Waals surface area contributed by atoms with Crippen LogP contribution in [0.1, 0.15) is 6.92 Å². The van der Waals surface area contributed by atoms with E-state index in [0.29, 0.717) is 18.8 Å². The molecule has 7 heteroatoms. The number of hydrogen-bond acceptors (Lipinski definition) is 5. The van der Waals surface area contributed by atoms with Gasteiger partial charge in [-0.15, -0.1) is 0 Å². The fourth-order valence-corrected chi connectivity index (χ4v) is 2.94. The molecule has 132 valence electrons. The highest BCUT2D eigenvalue weighted by Gasteiger charge is 2.27. The Kier molecular flexibility index (Phi) is 4.99. The largest absolute Gasteiger partial charge is 0.489 e. The highest BCUT2D eigenvalue weighted by molar-refractivity contribution is 6.32. The Morgan fingerprint density at radius 1 is 1.40 bits per heavy atom. The number of amides is 1. The second kappa shape index (κ2) is 7.19. The monoisotopic (exact) mass is 360 g/mol. The second-order valence-electron chi connectivity index (χ2n) is 6.10. The van der Waals surface area contributed by atoms with Gasteiger partial charge in [0.25, 0.3) is 0 Å². The number of pyridine rings is 1. The molecule has 1 atom stereocenters. The molecule has 0 saturated carbocycles. The van der Waals surface area contributed by atoms with E-state index in [4.69, 9.17) is 16.3 Å². The molecule has 1 N–H and O–H groups in total. The first kappa shape index (κ1) is 17.4. The Balaban J connectivity index is 1.80. The number of carbonyl (C=O) groups is 1. The standard InChI is InChI=1S/C18H21ClN4O2/c1-12(18(24)21-14-5-4-8-20-17(14)19)23-9-10-25-16-11-13(22(2)3)6-7-15(16)23/h4-8,11-12H,9-10H2,1-3H3,(H,21,24)/t12-/m1/s1. The molecule has 2 aromatic rings. The number of hydrogen-bond donors (Lipinski definition) is 1. The van der Waals surface area contributed by atoms with Crippen molar-refractivity contribution >= 4 is 34.6 Å². The molecule has 0 spiro atoms. The number of nitrogens with zero attached hydrogens (tertiary/aromatic N) is 3. The first-order chi connectivity index (χ1) is 12.0. The van der Waals surface area contributed by atoms with Crippen molar-refractivity contribution in [1.82, 2.24) is 4.98 Å². The quantitative estimate of drug-likeness (QED) is 0.849. The van der Waals surface area contributed by atoms with Gasteiger partial charge in [0.05, 0.1) is 17.9 Å². The number of benzene rings is 1. The molecule has 1 amide bonds. The summed E-state index contributed by atoms with van der Waals surface area (Å²) in [5.41, 5.74) is 2.48. The predicted octanol–water partition coefficient (Wildman–Crippen LogP) is 3.03. The lowest BCUT2D eigenvalue weighted by atomic mass is 10.1. The Hall–Kier alpha value is -2.47. The molecule has 0 aliphatic carbocycles. The van der Waals surface area contributed by atoms with E-state index in [9.17, 15) is 4.79 Å². The molecule has 2 heterocycles. The van der Waals surface area contributed by atoms with Crippen LogP contribution >= 0.6 is 11.6 Å². The average Bonchev–Trinajstić information content (AvgIpc) is 2.61. The van der Waals surface area contributed by atoms with Gasteiger partial charge in [-0.3, -0.25) is 4.79 Å². The Morgan fingerprint density at radius 2 is 2.20 bits per heavy atom. The number of ether oxygens (including phenoxy) is 1. The van der Waals surface area contributed by atoms with E-state index in [-0.39, 0.29) is 17.1 Å². The van der Waals surface area contributed by atoms with Crippen molar-refractivity contribution < 1.29 is 9.53 Å². The number of fused-ring (bicyclic) bond motifs is 1. The topological polar surface area (TPSA) is 57.7 Å². The van der Waals surface area contributed by atoms with Crippen LogP contribution < -0.4 is 19.9 Å². The van der Waals surface area contributed by atoms with Crippen molar-refractivity contribution in [2.24, 2.45) is 0 Å². The number of nitrogens with one attached hydrogen (secondary N) is 1. The van der Waals surface area contributed by atoms with Gasteiger partial charge in [-0.05, 0) is 31.2 Å². The first-order valence-corrected chi connectivity index (χ1v) is 8.47. The van der Waals surface area contributed by atoms with Crippen LogP contribution in [0.4, 0.5) is 17.1 Å². The van der Waals surface area contributed by atoms with Crippen LogP contribution in [0.2, 0.25) is 5.15 Å². The maximum absolute atomic E-state index is 12.7. The van der Waals surface area contributed by atoms with Gasteiger partial charge in [0.1, 0.15) is 18.4 Å². The van der Waals surface area contributed by atoms with E-state index in [1.165, 1.54) is 0 Å². The minimum absolute atomic E-state index is 0.139. The molecule has 0 fully saturated rings. The van der Waals surface area contributed by atoms with Gasteiger partial charge in [-0.2, -0.15) is 0 Å². The molecule has 0 bridgehead atoms. The molecule has 6 nitrogen and oxygen atoms in total. The fraction of sp³-hybridized carbons (Fsp3) is 0.333. The third-order valence-corrected chi connectivity index (χ3v) is 4.52. The van der Waals surface area contributed by atoms with Crippen LogP contribution in [0, 0.1) is 0 Å². The number of halogens is 1. The summed E-state index contributed by atoms with van der Waals surface area (Å²) in [7, 11) is 3.96. The molecule has 1 aromatic heterocycles. The minimum Gasteiger partial charge on any atom is -0.489 e. The lowest BCUT2D eigenvalue weighted by molar-refractivity contribution is -0.117. The third kappa shape index (κ3) is 3.64. The summed E-state index contributed by atoms with van der Waals surface area (Å²) in [6.07, 6.45) is 1.59. The van der Waals surface area contributed by atoms with E-state index >= 15 is 0 Å². The lowest BCUT2D eigenvalue weighted by Crippen LogP contribution is -2.46. The predicted molar refractivity (Wildman–Crippen MR) is 101 cm³/mol. The van der Waals surface area contributed by atoms with Crippen molar-refractivity contribution in [2.75, 3.05) is 42.4 Å². The van der Waals surface area contributed by atoms with Gasteiger partial charge in [-0.25, -0.2) is 4.98 Å². The second-order valence-corrected chi connectivity index (χ2v) is 6.45. The van der Waals surface area contributed by atoms with Gasteiger partial charge in [0.15, 0.2) is 5.15 Å². The number of anilines is 3. The van der Waals surface area contributed by atoms with Crippen molar-refractivity contribution in [1.29, 1.82) is 0 Å². The Morgan fingerprint density at radius 3 is 2.92 bits per heavy atom. The van der Waals surface area contributed by atoms with Crippen molar-refractivity contribution in [2.45, 2.75) is 13.0 Å². The van der Waals surface area contributed by atoms with Crippen LogP contribution in [0.15, 0.2) is 36.5 Å². The zero-order chi connectivity index (χ0) is 18.0. The summed E-state index contributed by atoms with van der Waals surface area (Å²) >= 11 is 6.02. The molecule has 0 unspecified atom stereocenters. The van der Waals surface area contributed by atoms with E-state index < -0.39 is 0 Å². The smallest absolute Gasteiger partial charge is 0.246 e. The summed E-state index contributed by atoms with van der Waals surface area (Å²) in [4.78, 5) is 20.7. The molecular formula is C18H21ClN4O2. The molecule has 1 aromatic carbocycles. The van der Waals surface area contributed by atoms with E-state index in [1.54, 1.807) is 18.3 Å². The molecule has 25 heavy (non-hydrogen) atoms. The normalized spacial score (nSPS) is 14.3. The van der Waals surface area contributed by atoms with Crippen LogP contribution in [-0.2, 0) is 4.79 Å². The van der Waals surface area contributed by atoms with Crippen LogP contribution in [0.3, 0.4) is 0 Å². The summed E-state index contributed by atoms with van der Waals surface area (Å²) in [6, 6.07) is 9.09. The Labute approximate surface area is 152 Å². The van der Waals surface area contributed by atoms with Crippen molar-refractivity contribution in [3.63, 3.8) is 0 Å². The molecular weight excluding hydrogens is 340 g/mol. The van der Waals surface area contributed by atoms with E-state index in [2.05, 4.69) is 10.3 Å². The molecule has 1 aliphatic rings. The lowest BCUT2D eigenvalue weighted by Gasteiger charge is -2.35. The summed E-state index contributed by atoms with van der Waals surface area (Å²) in [5, 5.41) is 3.12. The van der Waals surface area contributed by atoms with Gasteiger partial charge in [0.2, 0.25) is 5.91 Å². The molecule has 3 rings (SSSR count). The minimum atomic E-state index is -0.371. The van der Waals surface area contributed by atoms with Crippen LogP contribution in [-0.4, -0.2) is 44.2 Å². The fourth-order valence-electron chi connectivity index (χ4n) is 2.77. The SMILES string of the molecule is C[C@H](C(=O)Nc1cccnc1Cl)N1CCOc2cc(N(C)C)ccc21. The van der Waals surface area contributed by atoms with Crippen LogP contribution in [0.25, 0.3) is 0 Å². The van der Waals surface area contributed by atoms with Gasteiger partial charge in [0, 0.05) is 32.0 Å². The molecule has 0 saturated heterocycles. The molecule has 1 aliphatic heterocycles. The third-order valence-electron chi connectivity index (χ3n) is 4.22. The van der Waals surface area contributed by atoms with Crippen molar-refractivity contribution in [3.05, 3.63) is 41.7 Å². The zero-order valence-corrected chi connectivity index (χ0v) is 15.2. The van der Waals surface area contributed by atoms with Gasteiger partial charge >= 0.3 is 0 Å². The maximum Gasteiger partial charge on any atom is 0.246 e. The summed E-state index contributed by atoms with van der Waals surface area (Å²) in [6.45, 7) is 3.05. The van der Waals surface area contributed by atoms with Crippen molar-refractivity contribution in [3.8, 4) is 5.75 Å². The van der Waals surface area contributed by atoms with Gasteiger partial charge in [-0.1, -0.05) is 11.6 Å². The number of rotatable bonds is 4. The highest BCUT2D eigenvalue weighted by Crippen LogP contribution is 2.36. The van der Waals surface area contributed by atoms with Gasteiger partial charge < -0.3 is 19.9 Å². The zero-order valence-electron chi connectivity index (χ0n) is 14.5. The number of carbonyl (C=O) groups excluding carboxylic acids is 1. The van der Waals surface area contributed by atoms with E-state index in [0.717, 1.165) is 17.1 Å². The summed E-state index contributed by atoms with van der Waals surface area (Å²) in [5.74, 6) is 0.649. The highest BCUT2D eigenvalue weighted by atomic mass is 35.5. The number of aromatic nitrogens is 1. The summed E-state index contributed by atoms with van der Waals surface area (Å²) < 4.78 is 5.78. The Bertz CT molecular complexity index is 781. The first-order valence-electron chi connectivity index (χ1n) is 8.09. The maximum atomic E-state index is 12.7.